The molecule has 16 heavy (non-hydrogen) atoms. The van der Waals surface area contributed by atoms with Crippen LogP contribution in [-0.4, -0.2) is 6.54 Å². The zero-order valence-electron chi connectivity index (χ0n) is 9.88. The molecule has 0 amide bonds. The second-order valence-electron chi connectivity index (χ2n) is 3.87. The van der Waals surface area contributed by atoms with E-state index in [1.165, 1.54) is 24.8 Å². The highest BCUT2D eigenvalue weighted by Gasteiger charge is 1.92. The number of hydrogen-bond donors (Lipinski definition) is 1. The number of halogens is 1. The molecule has 1 rings (SSSR count). The quantitative estimate of drug-likeness (QED) is 0.554. The van der Waals surface area contributed by atoms with Gasteiger partial charge in [-0.2, -0.15) is 0 Å². The highest BCUT2D eigenvalue weighted by Crippen LogP contribution is 2.09. The Morgan fingerprint density at radius 2 is 2.19 bits per heavy atom. The van der Waals surface area contributed by atoms with Crippen LogP contribution in [0.25, 0.3) is 0 Å². The van der Waals surface area contributed by atoms with E-state index in [9.17, 15) is 0 Å². The lowest BCUT2D eigenvalue weighted by atomic mass is 10.2. The number of unbranched alkanes of at least 4 members (excludes halogenated alkanes) is 2. The Bertz CT molecular complexity index is 320. The molecular weight excluding hydrogens is 218 g/mol. The fourth-order valence-corrected chi connectivity index (χ4v) is 1.68. The highest BCUT2D eigenvalue weighted by atomic mass is 35.5. The average molecular weight is 238 g/mol. The van der Waals surface area contributed by atoms with Crippen molar-refractivity contribution in [2.75, 3.05) is 6.54 Å². The van der Waals surface area contributed by atoms with Crippen LogP contribution in [0.15, 0.2) is 36.4 Å². The van der Waals surface area contributed by atoms with Gasteiger partial charge in [-0.15, -0.1) is 0 Å². The summed E-state index contributed by atoms with van der Waals surface area (Å²) in [7, 11) is 0. The van der Waals surface area contributed by atoms with Crippen LogP contribution in [0.3, 0.4) is 0 Å². The van der Waals surface area contributed by atoms with E-state index in [1.54, 1.807) is 0 Å². The van der Waals surface area contributed by atoms with Gasteiger partial charge in [-0.25, -0.2) is 0 Å². The summed E-state index contributed by atoms with van der Waals surface area (Å²) in [5.41, 5.74) is 1.23. The number of nitrogens with one attached hydrogen (secondary N) is 1. The minimum atomic E-state index is 0.804. The summed E-state index contributed by atoms with van der Waals surface area (Å²) in [4.78, 5) is 0. The summed E-state index contributed by atoms with van der Waals surface area (Å²) < 4.78 is 0. The summed E-state index contributed by atoms with van der Waals surface area (Å²) >= 11 is 5.90. The van der Waals surface area contributed by atoms with Gasteiger partial charge in [0.05, 0.1) is 0 Å². The van der Waals surface area contributed by atoms with Gasteiger partial charge in [0, 0.05) is 18.1 Å². The third kappa shape index (κ3) is 5.94. The molecule has 1 nitrogen and oxygen atoms in total. The molecule has 0 aromatic heterocycles. The van der Waals surface area contributed by atoms with E-state index in [0.717, 1.165) is 18.1 Å². The maximum atomic E-state index is 5.90. The molecule has 0 bridgehead atoms. The summed E-state index contributed by atoms with van der Waals surface area (Å²) in [5.74, 6) is 0. The highest BCUT2D eigenvalue weighted by molar-refractivity contribution is 6.30. The number of hydrogen-bond acceptors (Lipinski definition) is 1. The van der Waals surface area contributed by atoms with E-state index in [1.807, 2.05) is 18.2 Å². The maximum Gasteiger partial charge on any atom is 0.0409 e. The van der Waals surface area contributed by atoms with E-state index in [-0.39, 0.29) is 0 Å². The lowest BCUT2D eigenvalue weighted by Crippen LogP contribution is -2.12. The Kier molecular flexibility index (Phi) is 6.95. The lowest BCUT2D eigenvalue weighted by Gasteiger charge is -2.02. The molecule has 0 spiro atoms. The van der Waals surface area contributed by atoms with Gasteiger partial charge in [0.1, 0.15) is 0 Å². The maximum absolute atomic E-state index is 5.90. The number of rotatable bonds is 7. The summed E-state index contributed by atoms with van der Waals surface area (Å²) in [6.45, 7) is 4.01. The molecule has 88 valence electrons. The monoisotopic (exact) mass is 237 g/mol. The van der Waals surface area contributed by atoms with Crippen LogP contribution in [0.4, 0.5) is 0 Å². The van der Waals surface area contributed by atoms with Crippen LogP contribution in [0.1, 0.15) is 31.7 Å². The molecule has 1 N–H and O–H groups in total. The van der Waals surface area contributed by atoms with Crippen molar-refractivity contribution in [3.63, 3.8) is 0 Å². The molecule has 0 aliphatic carbocycles. The second kappa shape index (κ2) is 8.37. The van der Waals surface area contributed by atoms with Gasteiger partial charge >= 0.3 is 0 Å². The minimum absolute atomic E-state index is 0.804. The molecule has 2 heteroatoms. The van der Waals surface area contributed by atoms with Gasteiger partial charge in [-0.1, -0.05) is 55.7 Å². The van der Waals surface area contributed by atoms with Gasteiger partial charge in [0.2, 0.25) is 0 Å². The van der Waals surface area contributed by atoms with Gasteiger partial charge in [0.15, 0.2) is 0 Å². The molecule has 0 aliphatic heterocycles. The Morgan fingerprint density at radius 3 is 2.94 bits per heavy atom. The van der Waals surface area contributed by atoms with Crippen molar-refractivity contribution >= 4 is 11.6 Å². The number of allylic oxidation sites excluding steroid dienone is 1. The second-order valence-corrected chi connectivity index (χ2v) is 4.31. The van der Waals surface area contributed by atoms with Gasteiger partial charge in [0.25, 0.3) is 0 Å². The fourth-order valence-electron chi connectivity index (χ4n) is 1.47. The summed E-state index contributed by atoms with van der Waals surface area (Å²) in [6.07, 6.45) is 8.18. The molecule has 0 saturated carbocycles. The SMILES string of the molecule is CCCC/C=C/CNCc1cccc(Cl)c1. The molecule has 0 atom stereocenters. The Labute approximate surface area is 104 Å². The van der Waals surface area contributed by atoms with E-state index < -0.39 is 0 Å². The zero-order valence-corrected chi connectivity index (χ0v) is 10.6. The van der Waals surface area contributed by atoms with Crippen LogP contribution < -0.4 is 5.32 Å². The Hall–Kier alpha value is -0.790. The number of benzene rings is 1. The molecule has 1 aromatic rings. The largest absolute Gasteiger partial charge is 0.309 e. The molecule has 1 aromatic carbocycles. The van der Waals surface area contributed by atoms with Gasteiger partial charge in [-0.05, 0) is 24.1 Å². The van der Waals surface area contributed by atoms with Crippen molar-refractivity contribution < 1.29 is 0 Å². The molecule has 0 fully saturated rings. The first-order chi connectivity index (χ1) is 7.83. The van der Waals surface area contributed by atoms with Crippen LogP contribution in [0.2, 0.25) is 5.02 Å². The van der Waals surface area contributed by atoms with Crippen LogP contribution in [-0.2, 0) is 6.54 Å². The van der Waals surface area contributed by atoms with E-state index >= 15 is 0 Å². The molecule has 0 radical (unpaired) electrons. The predicted octanol–water partition coefficient (Wildman–Crippen LogP) is 4.18. The van der Waals surface area contributed by atoms with Crippen LogP contribution >= 0.6 is 11.6 Å². The first-order valence-electron chi connectivity index (χ1n) is 5.93. The molecule has 0 saturated heterocycles. The van der Waals surface area contributed by atoms with Crippen molar-refractivity contribution in [2.45, 2.75) is 32.7 Å². The first kappa shape index (κ1) is 13.3. The van der Waals surface area contributed by atoms with Crippen molar-refractivity contribution in [3.05, 3.63) is 47.0 Å². The third-order valence-electron chi connectivity index (χ3n) is 2.37. The summed E-state index contributed by atoms with van der Waals surface area (Å²) in [6, 6.07) is 7.96. The van der Waals surface area contributed by atoms with E-state index in [0.29, 0.717) is 0 Å². The minimum Gasteiger partial charge on any atom is -0.309 e. The molecule has 0 heterocycles. The van der Waals surface area contributed by atoms with Crippen LogP contribution in [0.5, 0.6) is 0 Å². The Morgan fingerprint density at radius 1 is 1.31 bits per heavy atom. The van der Waals surface area contributed by atoms with Crippen molar-refractivity contribution in [3.8, 4) is 0 Å². The molecule has 0 unspecified atom stereocenters. The molecule has 0 aliphatic rings. The Balaban J connectivity index is 2.13. The predicted molar refractivity (Wildman–Crippen MR) is 71.8 cm³/mol. The van der Waals surface area contributed by atoms with E-state index in [2.05, 4.69) is 30.5 Å². The standard InChI is InChI=1S/C14H20ClN/c1-2-3-4-5-6-10-16-12-13-8-7-9-14(15)11-13/h5-9,11,16H,2-4,10,12H2,1H3/b6-5+. The average Bonchev–Trinajstić information content (AvgIpc) is 2.28. The third-order valence-corrected chi connectivity index (χ3v) is 2.61. The van der Waals surface area contributed by atoms with Crippen LogP contribution in [0, 0.1) is 0 Å². The van der Waals surface area contributed by atoms with Crippen molar-refractivity contribution in [2.24, 2.45) is 0 Å². The lowest BCUT2D eigenvalue weighted by molar-refractivity contribution is 0.754. The zero-order chi connectivity index (χ0) is 11.6. The van der Waals surface area contributed by atoms with Crippen molar-refractivity contribution in [1.82, 2.24) is 5.32 Å². The van der Waals surface area contributed by atoms with Crippen molar-refractivity contribution in [1.29, 1.82) is 0 Å². The first-order valence-corrected chi connectivity index (χ1v) is 6.31. The van der Waals surface area contributed by atoms with E-state index in [4.69, 9.17) is 11.6 Å². The summed E-state index contributed by atoms with van der Waals surface area (Å²) in [5, 5.41) is 4.16. The van der Waals surface area contributed by atoms with Gasteiger partial charge in [-0.3, -0.25) is 0 Å². The molecular formula is C14H20ClN. The normalized spacial score (nSPS) is 11.1. The van der Waals surface area contributed by atoms with Gasteiger partial charge < -0.3 is 5.32 Å². The fraction of sp³-hybridized carbons (Fsp3) is 0.429. The smallest absolute Gasteiger partial charge is 0.0409 e. The topological polar surface area (TPSA) is 12.0 Å².